The summed E-state index contributed by atoms with van der Waals surface area (Å²) in [7, 11) is 0. The van der Waals surface area contributed by atoms with Gasteiger partial charge in [-0.1, -0.05) is 42.1 Å². The van der Waals surface area contributed by atoms with Crippen LogP contribution in [-0.2, 0) is 24.1 Å². The van der Waals surface area contributed by atoms with Gasteiger partial charge in [-0.3, -0.25) is 0 Å². The molecule has 3 rings (SSSR count). The number of thiophene rings is 1. The summed E-state index contributed by atoms with van der Waals surface area (Å²) in [5, 5.41) is 8.64. The summed E-state index contributed by atoms with van der Waals surface area (Å²) in [4.78, 5) is 13.9. The summed E-state index contributed by atoms with van der Waals surface area (Å²) in [6.07, 6.45) is 6.58. The number of halogens is 2. The molecule has 0 radical (unpaired) electrons. The number of ether oxygens (including phenoxy) is 1. The zero-order chi connectivity index (χ0) is 20.8. The molecule has 1 aromatic carbocycles. The van der Waals surface area contributed by atoms with Gasteiger partial charge in [-0.25, -0.2) is 4.79 Å². The number of carbonyl (C=O) groups excluding carboxylic acids is 1. The molecule has 8 heteroatoms. The molecule has 1 aliphatic rings. The topological polar surface area (TPSA) is 50.4 Å². The zero-order valence-electron chi connectivity index (χ0n) is 16.3. The summed E-state index contributed by atoms with van der Waals surface area (Å²) in [5.74, 6) is -0.277. The Balaban J connectivity index is 1.75. The van der Waals surface area contributed by atoms with Crippen LogP contribution in [0.4, 0.5) is 5.00 Å². The highest BCUT2D eigenvalue weighted by molar-refractivity contribution is 7.80. The Hall–Kier alpha value is -1.34. The van der Waals surface area contributed by atoms with Crippen LogP contribution in [-0.4, -0.2) is 17.7 Å². The second kappa shape index (κ2) is 10.6. The maximum Gasteiger partial charge on any atom is 0.341 e. The molecule has 4 nitrogen and oxygen atoms in total. The molecule has 29 heavy (non-hydrogen) atoms. The number of carbonyl (C=O) groups is 1. The third kappa shape index (κ3) is 5.85. The van der Waals surface area contributed by atoms with Crippen molar-refractivity contribution in [3.05, 3.63) is 49.8 Å². The highest BCUT2D eigenvalue weighted by Gasteiger charge is 2.25. The first kappa shape index (κ1) is 22.3. The van der Waals surface area contributed by atoms with Gasteiger partial charge in [0.2, 0.25) is 0 Å². The molecule has 0 unspecified atom stereocenters. The molecule has 0 atom stereocenters. The third-order valence-electron chi connectivity index (χ3n) is 4.82. The second-order valence-electron chi connectivity index (χ2n) is 6.90. The lowest BCUT2D eigenvalue weighted by molar-refractivity contribution is 0.0526. The van der Waals surface area contributed by atoms with Crippen molar-refractivity contribution in [2.24, 2.45) is 0 Å². The van der Waals surface area contributed by atoms with Crippen molar-refractivity contribution >= 4 is 62.8 Å². The summed E-state index contributed by atoms with van der Waals surface area (Å²) in [6.45, 7) is 2.68. The molecular weight excluding hydrogens is 447 g/mol. The first-order valence-electron chi connectivity index (χ1n) is 9.80. The Labute approximate surface area is 190 Å². The highest BCUT2D eigenvalue weighted by atomic mass is 35.5. The highest BCUT2D eigenvalue weighted by Crippen LogP contribution is 2.37. The van der Waals surface area contributed by atoms with E-state index in [1.54, 1.807) is 23.5 Å². The molecule has 2 N–H and O–H groups in total. The van der Waals surface area contributed by atoms with Gasteiger partial charge in [-0.15, -0.1) is 11.3 Å². The molecule has 0 bridgehead atoms. The molecule has 1 aromatic heterocycles. The maximum absolute atomic E-state index is 12.7. The largest absolute Gasteiger partial charge is 0.462 e. The van der Waals surface area contributed by atoms with Gasteiger partial charge in [0.25, 0.3) is 0 Å². The van der Waals surface area contributed by atoms with Crippen LogP contribution in [0.5, 0.6) is 0 Å². The normalized spacial score (nSPS) is 13.8. The SMILES string of the molecule is CCOC(=O)c1c(NC(=S)NCc2ccc(Cl)c(Cl)c2)sc2c1CCCCCC2. The summed E-state index contributed by atoms with van der Waals surface area (Å²) >= 11 is 19.1. The van der Waals surface area contributed by atoms with Crippen molar-refractivity contribution < 1.29 is 9.53 Å². The molecule has 0 saturated carbocycles. The van der Waals surface area contributed by atoms with E-state index in [9.17, 15) is 4.79 Å². The first-order chi connectivity index (χ1) is 14.0. The average Bonchev–Trinajstić information content (AvgIpc) is 2.99. The summed E-state index contributed by atoms with van der Waals surface area (Å²) < 4.78 is 5.34. The molecule has 0 spiro atoms. The number of thiocarbonyl (C=S) groups is 1. The minimum atomic E-state index is -0.277. The zero-order valence-corrected chi connectivity index (χ0v) is 19.4. The predicted molar refractivity (Wildman–Crippen MR) is 126 cm³/mol. The van der Waals surface area contributed by atoms with Crippen LogP contribution in [0.15, 0.2) is 18.2 Å². The standard InChI is InChI=1S/C21H24Cl2N2O2S2/c1-2-27-20(26)18-14-7-5-3-4-6-8-17(14)29-19(18)25-21(28)24-12-13-9-10-15(22)16(23)11-13/h9-11H,2-8,12H2,1H3,(H2,24,25,28). The van der Waals surface area contributed by atoms with E-state index >= 15 is 0 Å². The van der Waals surface area contributed by atoms with Crippen molar-refractivity contribution in [1.29, 1.82) is 0 Å². The lowest BCUT2D eigenvalue weighted by atomic mass is 9.96. The fourth-order valence-corrected chi connectivity index (χ4v) is 5.25. The lowest BCUT2D eigenvalue weighted by Gasteiger charge is -2.13. The number of benzene rings is 1. The molecule has 0 fully saturated rings. The Morgan fingerprint density at radius 3 is 2.66 bits per heavy atom. The Morgan fingerprint density at radius 2 is 1.93 bits per heavy atom. The van der Waals surface area contributed by atoms with Gasteiger partial charge in [0.1, 0.15) is 5.00 Å². The van der Waals surface area contributed by atoms with Crippen LogP contribution in [0.2, 0.25) is 10.0 Å². The van der Waals surface area contributed by atoms with Gasteiger partial charge in [-0.2, -0.15) is 0 Å². The molecule has 0 amide bonds. The van der Waals surface area contributed by atoms with E-state index in [0.717, 1.165) is 41.8 Å². The van der Waals surface area contributed by atoms with Crippen molar-refractivity contribution in [2.75, 3.05) is 11.9 Å². The van der Waals surface area contributed by atoms with Crippen molar-refractivity contribution in [3.8, 4) is 0 Å². The number of hydrogen-bond donors (Lipinski definition) is 2. The molecule has 0 saturated heterocycles. The Kier molecular flexibility index (Phi) is 8.18. The molecule has 2 aromatic rings. The van der Waals surface area contributed by atoms with E-state index in [-0.39, 0.29) is 5.97 Å². The number of esters is 1. The van der Waals surface area contributed by atoms with Crippen molar-refractivity contribution in [3.63, 3.8) is 0 Å². The molecule has 1 heterocycles. The van der Waals surface area contributed by atoms with Crippen LogP contribution in [0.1, 0.15) is 59.0 Å². The van der Waals surface area contributed by atoms with Gasteiger partial charge in [0, 0.05) is 11.4 Å². The molecule has 1 aliphatic carbocycles. The van der Waals surface area contributed by atoms with E-state index in [1.165, 1.54) is 17.7 Å². The fraction of sp³-hybridized carbons (Fsp3) is 0.429. The molecular formula is C21H24Cl2N2O2S2. The van der Waals surface area contributed by atoms with E-state index in [2.05, 4.69) is 10.6 Å². The minimum absolute atomic E-state index is 0.277. The predicted octanol–water partition coefficient (Wildman–Crippen LogP) is 6.38. The molecule has 156 valence electrons. The minimum Gasteiger partial charge on any atom is -0.462 e. The van der Waals surface area contributed by atoms with Gasteiger partial charge in [0.05, 0.1) is 22.2 Å². The molecule has 0 aliphatic heterocycles. The number of hydrogen-bond acceptors (Lipinski definition) is 4. The van der Waals surface area contributed by atoms with E-state index in [0.29, 0.717) is 33.9 Å². The van der Waals surface area contributed by atoms with Crippen LogP contribution in [0, 0.1) is 0 Å². The fourth-order valence-electron chi connectivity index (χ4n) is 3.41. The average molecular weight is 471 g/mol. The van der Waals surface area contributed by atoms with Gasteiger partial charge in [0.15, 0.2) is 5.11 Å². The van der Waals surface area contributed by atoms with Gasteiger partial charge in [-0.05, 0) is 68.1 Å². The van der Waals surface area contributed by atoms with Crippen molar-refractivity contribution in [2.45, 2.75) is 52.0 Å². The van der Waals surface area contributed by atoms with E-state index < -0.39 is 0 Å². The van der Waals surface area contributed by atoms with Crippen LogP contribution in [0.25, 0.3) is 0 Å². The lowest BCUT2D eigenvalue weighted by Crippen LogP contribution is -2.28. The van der Waals surface area contributed by atoms with Crippen molar-refractivity contribution in [1.82, 2.24) is 5.32 Å². The van der Waals surface area contributed by atoms with E-state index in [1.807, 2.05) is 13.0 Å². The van der Waals surface area contributed by atoms with Crippen LogP contribution in [0.3, 0.4) is 0 Å². The Morgan fingerprint density at radius 1 is 1.17 bits per heavy atom. The Bertz CT molecular complexity index is 899. The summed E-state index contributed by atoms with van der Waals surface area (Å²) in [6, 6.07) is 5.46. The quantitative estimate of drug-likeness (QED) is 0.392. The second-order valence-corrected chi connectivity index (χ2v) is 9.23. The van der Waals surface area contributed by atoms with Crippen LogP contribution >= 0.6 is 46.8 Å². The third-order valence-corrected chi connectivity index (χ3v) is 7.01. The van der Waals surface area contributed by atoms with Gasteiger partial charge < -0.3 is 15.4 Å². The van der Waals surface area contributed by atoms with Crippen LogP contribution < -0.4 is 10.6 Å². The first-order valence-corrected chi connectivity index (χ1v) is 11.8. The smallest absolute Gasteiger partial charge is 0.341 e. The number of anilines is 1. The number of rotatable bonds is 5. The van der Waals surface area contributed by atoms with Gasteiger partial charge >= 0.3 is 5.97 Å². The monoisotopic (exact) mass is 470 g/mol. The number of nitrogens with one attached hydrogen (secondary N) is 2. The summed E-state index contributed by atoms with van der Waals surface area (Å²) in [5.41, 5.74) is 2.74. The van der Waals surface area contributed by atoms with E-state index in [4.69, 9.17) is 40.2 Å². The number of fused-ring (bicyclic) bond motifs is 1. The number of aryl methyl sites for hydroxylation is 1. The maximum atomic E-state index is 12.7.